The molecule has 19 heavy (non-hydrogen) atoms. The highest BCUT2D eigenvalue weighted by molar-refractivity contribution is 5.75. The van der Waals surface area contributed by atoms with Crippen LogP contribution in [-0.4, -0.2) is 29.2 Å². The molecule has 2 rings (SSSR count). The SMILES string of the molecule is CC1CCC(NC(=O)NC2CCC(C(=O)O)C2)C1C. The second kappa shape index (κ2) is 5.80. The number of urea groups is 1. The van der Waals surface area contributed by atoms with Crippen LogP contribution in [-0.2, 0) is 4.79 Å². The van der Waals surface area contributed by atoms with Crippen LogP contribution >= 0.6 is 0 Å². The van der Waals surface area contributed by atoms with E-state index in [9.17, 15) is 9.59 Å². The van der Waals surface area contributed by atoms with E-state index in [2.05, 4.69) is 24.5 Å². The number of amides is 2. The van der Waals surface area contributed by atoms with E-state index in [0.29, 0.717) is 24.7 Å². The van der Waals surface area contributed by atoms with Gasteiger partial charge in [0.05, 0.1) is 5.92 Å². The van der Waals surface area contributed by atoms with Gasteiger partial charge in [-0.3, -0.25) is 4.79 Å². The van der Waals surface area contributed by atoms with E-state index in [1.807, 2.05) is 0 Å². The number of hydrogen-bond donors (Lipinski definition) is 3. The van der Waals surface area contributed by atoms with Crippen molar-refractivity contribution in [3.63, 3.8) is 0 Å². The molecule has 5 heteroatoms. The van der Waals surface area contributed by atoms with Gasteiger partial charge in [0.1, 0.15) is 0 Å². The Hall–Kier alpha value is -1.26. The number of aliphatic carboxylic acids is 1. The molecule has 2 aliphatic carbocycles. The molecule has 2 aliphatic rings. The topological polar surface area (TPSA) is 78.4 Å². The summed E-state index contributed by atoms with van der Waals surface area (Å²) in [4.78, 5) is 22.8. The molecule has 108 valence electrons. The molecule has 0 bridgehead atoms. The molecule has 2 saturated carbocycles. The van der Waals surface area contributed by atoms with Crippen LogP contribution < -0.4 is 10.6 Å². The third-order valence-corrected chi connectivity index (χ3v) is 4.90. The molecule has 5 nitrogen and oxygen atoms in total. The maximum absolute atomic E-state index is 11.9. The second-order valence-corrected chi connectivity index (χ2v) is 6.18. The first-order chi connectivity index (χ1) is 8.97. The fraction of sp³-hybridized carbons (Fsp3) is 0.857. The normalized spacial score (nSPS) is 38.1. The summed E-state index contributed by atoms with van der Waals surface area (Å²) in [6.07, 6.45) is 4.19. The summed E-state index contributed by atoms with van der Waals surface area (Å²) < 4.78 is 0. The maximum atomic E-state index is 11.9. The Morgan fingerprint density at radius 2 is 1.79 bits per heavy atom. The lowest BCUT2D eigenvalue weighted by molar-refractivity contribution is -0.141. The molecule has 0 aliphatic heterocycles. The van der Waals surface area contributed by atoms with Gasteiger partial charge in [0, 0.05) is 12.1 Å². The van der Waals surface area contributed by atoms with Crippen molar-refractivity contribution in [3.05, 3.63) is 0 Å². The van der Waals surface area contributed by atoms with Crippen LogP contribution in [0.25, 0.3) is 0 Å². The van der Waals surface area contributed by atoms with Gasteiger partial charge in [-0.05, 0) is 43.9 Å². The monoisotopic (exact) mass is 268 g/mol. The number of carbonyl (C=O) groups is 2. The fourth-order valence-corrected chi connectivity index (χ4v) is 3.30. The number of carboxylic acid groups (broad SMARTS) is 1. The van der Waals surface area contributed by atoms with E-state index in [0.717, 1.165) is 19.3 Å². The van der Waals surface area contributed by atoms with Crippen LogP contribution in [0.1, 0.15) is 46.0 Å². The van der Waals surface area contributed by atoms with Gasteiger partial charge in [-0.25, -0.2) is 4.79 Å². The zero-order valence-corrected chi connectivity index (χ0v) is 11.7. The first-order valence-corrected chi connectivity index (χ1v) is 7.27. The van der Waals surface area contributed by atoms with Crippen LogP contribution in [0, 0.1) is 17.8 Å². The van der Waals surface area contributed by atoms with E-state index in [1.165, 1.54) is 0 Å². The Morgan fingerprint density at radius 1 is 1.05 bits per heavy atom. The minimum Gasteiger partial charge on any atom is -0.481 e. The van der Waals surface area contributed by atoms with Gasteiger partial charge >= 0.3 is 12.0 Å². The van der Waals surface area contributed by atoms with E-state index in [4.69, 9.17) is 5.11 Å². The number of hydrogen-bond acceptors (Lipinski definition) is 2. The van der Waals surface area contributed by atoms with Crippen molar-refractivity contribution < 1.29 is 14.7 Å². The average Bonchev–Trinajstić information content (AvgIpc) is 2.91. The lowest BCUT2D eigenvalue weighted by atomic mass is 9.98. The van der Waals surface area contributed by atoms with E-state index in [-0.39, 0.29) is 24.0 Å². The first-order valence-electron chi connectivity index (χ1n) is 7.27. The lowest BCUT2D eigenvalue weighted by Crippen LogP contribution is -2.46. The second-order valence-electron chi connectivity index (χ2n) is 6.18. The van der Waals surface area contributed by atoms with Crippen molar-refractivity contribution in [2.75, 3.05) is 0 Å². The maximum Gasteiger partial charge on any atom is 0.315 e. The molecule has 5 unspecified atom stereocenters. The van der Waals surface area contributed by atoms with Gasteiger partial charge < -0.3 is 15.7 Å². The Kier molecular flexibility index (Phi) is 4.32. The van der Waals surface area contributed by atoms with Crippen LogP contribution in [0.15, 0.2) is 0 Å². The predicted molar refractivity (Wildman–Crippen MR) is 71.8 cm³/mol. The number of nitrogens with one attached hydrogen (secondary N) is 2. The molecule has 2 amide bonds. The van der Waals surface area contributed by atoms with Gasteiger partial charge in [0.25, 0.3) is 0 Å². The van der Waals surface area contributed by atoms with Crippen molar-refractivity contribution >= 4 is 12.0 Å². The van der Waals surface area contributed by atoms with Gasteiger partial charge in [-0.2, -0.15) is 0 Å². The number of carboxylic acids is 1. The highest BCUT2D eigenvalue weighted by Crippen LogP contribution is 2.31. The minimum absolute atomic E-state index is 0.00947. The van der Waals surface area contributed by atoms with Crippen molar-refractivity contribution in [1.29, 1.82) is 0 Å². The summed E-state index contributed by atoms with van der Waals surface area (Å²) in [5.74, 6) is 0.132. The lowest BCUT2D eigenvalue weighted by Gasteiger charge is -2.21. The molecule has 0 radical (unpaired) electrons. The summed E-state index contributed by atoms with van der Waals surface area (Å²) in [7, 11) is 0. The summed E-state index contributed by atoms with van der Waals surface area (Å²) in [5, 5.41) is 14.9. The number of rotatable bonds is 3. The summed E-state index contributed by atoms with van der Waals surface area (Å²) >= 11 is 0. The van der Waals surface area contributed by atoms with Crippen LogP contribution in [0.2, 0.25) is 0 Å². The molecule has 0 aromatic carbocycles. The zero-order chi connectivity index (χ0) is 14.0. The largest absolute Gasteiger partial charge is 0.481 e. The smallest absolute Gasteiger partial charge is 0.315 e. The van der Waals surface area contributed by atoms with Crippen molar-refractivity contribution in [2.45, 2.75) is 58.0 Å². The van der Waals surface area contributed by atoms with Crippen LogP contribution in [0.5, 0.6) is 0 Å². The van der Waals surface area contributed by atoms with Gasteiger partial charge in [-0.15, -0.1) is 0 Å². The average molecular weight is 268 g/mol. The molecule has 0 saturated heterocycles. The zero-order valence-electron chi connectivity index (χ0n) is 11.7. The molecule has 2 fully saturated rings. The van der Waals surface area contributed by atoms with E-state index < -0.39 is 5.97 Å². The van der Waals surface area contributed by atoms with Gasteiger partial charge in [-0.1, -0.05) is 13.8 Å². The Bertz CT molecular complexity index is 359. The molecule has 0 aromatic rings. The third-order valence-electron chi connectivity index (χ3n) is 4.90. The molecule has 0 aromatic heterocycles. The molecule has 5 atom stereocenters. The standard InChI is InChI=1S/C14H24N2O3/c1-8-3-6-12(9(8)2)16-14(19)15-11-5-4-10(7-11)13(17)18/h8-12H,3-7H2,1-2H3,(H,17,18)(H2,15,16,19). The van der Waals surface area contributed by atoms with Gasteiger partial charge in [0.15, 0.2) is 0 Å². The van der Waals surface area contributed by atoms with Crippen LogP contribution in [0.3, 0.4) is 0 Å². The van der Waals surface area contributed by atoms with Crippen molar-refractivity contribution in [2.24, 2.45) is 17.8 Å². The molecular weight excluding hydrogens is 244 g/mol. The highest BCUT2D eigenvalue weighted by Gasteiger charge is 2.33. The number of carbonyl (C=O) groups excluding carboxylic acids is 1. The summed E-state index contributed by atoms with van der Waals surface area (Å²) in [5.41, 5.74) is 0. The van der Waals surface area contributed by atoms with Crippen molar-refractivity contribution in [1.82, 2.24) is 10.6 Å². The predicted octanol–water partition coefficient (Wildman–Crippen LogP) is 1.97. The van der Waals surface area contributed by atoms with E-state index in [1.54, 1.807) is 0 Å². The molecule has 0 heterocycles. The Labute approximate surface area is 114 Å². The Morgan fingerprint density at radius 3 is 2.32 bits per heavy atom. The summed E-state index contributed by atoms with van der Waals surface area (Å²) in [6.45, 7) is 4.40. The highest BCUT2D eigenvalue weighted by atomic mass is 16.4. The molecular formula is C14H24N2O3. The quantitative estimate of drug-likeness (QED) is 0.732. The summed E-state index contributed by atoms with van der Waals surface area (Å²) in [6, 6.07) is 0.129. The fourth-order valence-electron chi connectivity index (χ4n) is 3.30. The van der Waals surface area contributed by atoms with Crippen LogP contribution in [0.4, 0.5) is 4.79 Å². The van der Waals surface area contributed by atoms with E-state index >= 15 is 0 Å². The molecule has 3 N–H and O–H groups in total. The third kappa shape index (κ3) is 3.39. The van der Waals surface area contributed by atoms with Gasteiger partial charge in [0.2, 0.25) is 0 Å². The molecule has 0 spiro atoms. The van der Waals surface area contributed by atoms with Crippen molar-refractivity contribution in [3.8, 4) is 0 Å². The first kappa shape index (κ1) is 14.2. The minimum atomic E-state index is -0.747. The Balaban J connectivity index is 1.75.